The number of aliphatic hydroxyl groups is 3. The molecule has 1 fully saturated rings. The molecule has 0 saturated carbocycles. The summed E-state index contributed by atoms with van der Waals surface area (Å²) >= 11 is 0. The Morgan fingerprint density at radius 1 is 1.21 bits per heavy atom. The number of anilines is 1. The van der Waals surface area contributed by atoms with Gasteiger partial charge < -0.3 is 25.6 Å². The van der Waals surface area contributed by atoms with Crippen LogP contribution in [0.25, 0.3) is 22.2 Å². The molecule has 3 heterocycles. The van der Waals surface area contributed by atoms with E-state index in [0.29, 0.717) is 22.5 Å². The SMILES string of the molecule is Cc1c(-c2ccccn2)c(=O)[nH]c2cc(NC3NOC(CO)[C@@H](O)C3O)ccc12. The zero-order valence-electron chi connectivity index (χ0n) is 15.7. The number of aromatic nitrogens is 2. The van der Waals surface area contributed by atoms with Crippen LogP contribution in [-0.2, 0) is 4.84 Å². The minimum absolute atomic E-state index is 0.244. The lowest BCUT2D eigenvalue weighted by molar-refractivity contribution is -0.197. The van der Waals surface area contributed by atoms with E-state index in [2.05, 4.69) is 20.8 Å². The largest absolute Gasteiger partial charge is 0.393 e. The van der Waals surface area contributed by atoms with Gasteiger partial charge in [0.1, 0.15) is 24.5 Å². The van der Waals surface area contributed by atoms with Crippen LogP contribution in [0, 0.1) is 6.92 Å². The molecule has 2 aromatic heterocycles. The molecule has 29 heavy (non-hydrogen) atoms. The van der Waals surface area contributed by atoms with Gasteiger partial charge in [0.2, 0.25) is 0 Å². The molecular formula is C20H22N4O5. The highest BCUT2D eigenvalue weighted by Gasteiger charge is 2.38. The third-order valence-electron chi connectivity index (χ3n) is 5.12. The summed E-state index contributed by atoms with van der Waals surface area (Å²) in [4.78, 5) is 25.0. The number of H-pyrrole nitrogens is 1. The van der Waals surface area contributed by atoms with E-state index in [4.69, 9.17) is 9.94 Å². The maximum atomic E-state index is 12.7. The minimum Gasteiger partial charge on any atom is -0.393 e. The Balaban J connectivity index is 1.65. The fourth-order valence-electron chi connectivity index (χ4n) is 3.53. The number of aromatic amines is 1. The highest BCUT2D eigenvalue weighted by atomic mass is 16.7. The molecular weight excluding hydrogens is 376 g/mol. The van der Waals surface area contributed by atoms with Gasteiger partial charge in [-0.2, -0.15) is 5.48 Å². The van der Waals surface area contributed by atoms with Crippen molar-refractivity contribution in [1.82, 2.24) is 15.4 Å². The third-order valence-corrected chi connectivity index (χ3v) is 5.12. The number of aliphatic hydroxyl groups excluding tert-OH is 3. The number of nitrogens with one attached hydrogen (secondary N) is 3. The number of hydroxylamine groups is 1. The van der Waals surface area contributed by atoms with Crippen molar-refractivity contribution in [2.45, 2.75) is 31.4 Å². The third kappa shape index (κ3) is 3.61. The Hall–Kier alpha value is -2.82. The summed E-state index contributed by atoms with van der Waals surface area (Å²) in [6.45, 7) is 1.45. The van der Waals surface area contributed by atoms with Crippen LogP contribution in [0.15, 0.2) is 47.4 Å². The van der Waals surface area contributed by atoms with E-state index in [0.717, 1.165) is 10.9 Å². The number of nitrogens with zero attached hydrogens (tertiary/aromatic N) is 1. The molecule has 9 heteroatoms. The van der Waals surface area contributed by atoms with Gasteiger partial charge in [-0.05, 0) is 36.8 Å². The predicted molar refractivity (Wildman–Crippen MR) is 107 cm³/mol. The van der Waals surface area contributed by atoms with E-state index in [1.54, 1.807) is 30.5 Å². The summed E-state index contributed by atoms with van der Waals surface area (Å²) in [5.74, 6) is 0. The number of rotatable bonds is 4. The summed E-state index contributed by atoms with van der Waals surface area (Å²) in [6, 6.07) is 10.8. The van der Waals surface area contributed by atoms with Gasteiger partial charge in [-0.3, -0.25) is 14.6 Å². The first-order valence-electron chi connectivity index (χ1n) is 9.22. The van der Waals surface area contributed by atoms with Gasteiger partial charge in [0.25, 0.3) is 5.56 Å². The molecule has 152 valence electrons. The van der Waals surface area contributed by atoms with E-state index in [1.807, 2.05) is 19.1 Å². The second-order valence-electron chi connectivity index (χ2n) is 6.99. The van der Waals surface area contributed by atoms with Crippen molar-refractivity contribution in [3.05, 3.63) is 58.5 Å². The van der Waals surface area contributed by atoms with Crippen LogP contribution in [0.5, 0.6) is 0 Å². The lowest BCUT2D eigenvalue weighted by atomic mass is 10.0. The molecule has 0 aliphatic carbocycles. The second-order valence-corrected chi connectivity index (χ2v) is 6.99. The molecule has 1 aliphatic rings. The molecule has 1 saturated heterocycles. The molecule has 0 radical (unpaired) electrons. The molecule has 1 aromatic carbocycles. The van der Waals surface area contributed by atoms with Crippen molar-refractivity contribution in [3.8, 4) is 11.3 Å². The summed E-state index contributed by atoms with van der Waals surface area (Å²) in [5, 5.41) is 33.3. The van der Waals surface area contributed by atoms with Gasteiger partial charge in [0.05, 0.1) is 23.4 Å². The number of benzene rings is 1. The first kappa shape index (κ1) is 19.5. The van der Waals surface area contributed by atoms with Crippen LogP contribution < -0.4 is 16.4 Å². The van der Waals surface area contributed by atoms with Crippen molar-refractivity contribution in [2.24, 2.45) is 0 Å². The number of pyridine rings is 2. The molecule has 0 amide bonds. The number of hydrogen-bond donors (Lipinski definition) is 6. The summed E-state index contributed by atoms with van der Waals surface area (Å²) in [6.07, 6.45) is -2.52. The fourth-order valence-corrected chi connectivity index (χ4v) is 3.53. The standard InChI is InChI=1S/C20H22N4O5/c1-10-12-6-5-11(22-19-18(27)17(26)15(9-25)29-24-19)8-14(12)23-20(28)16(10)13-4-2-3-7-21-13/h2-8,15,17-19,22,24-27H,9H2,1H3,(H,23,28)/t15?,17-,18?,19?/m1/s1. The van der Waals surface area contributed by atoms with Crippen LogP contribution in [0.2, 0.25) is 0 Å². The minimum atomic E-state index is -1.25. The van der Waals surface area contributed by atoms with Crippen LogP contribution >= 0.6 is 0 Å². The summed E-state index contributed by atoms with van der Waals surface area (Å²) in [5.41, 5.74) is 5.51. The molecule has 0 bridgehead atoms. The Morgan fingerprint density at radius 3 is 2.76 bits per heavy atom. The smallest absolute Gasteiger partial charge is 0.258 e. The topological polar surface area (TPSA) is 140 Å². The van der Waals surface area contributed by atoms with Crippen molar-refractivity contribution in [1.29, 1.82) is 0 Å². The van der Waals surface area contributed by atoms with Gasteiger partial charge in [-0.1, -0.05) is 12.1 Å². The van der Waals surface area contributed by atoms with Crippen LogP contribution in [0.4, 0.5) is 5.69 Å². The number of hydrogen-bond acceptors (Lipinski definition) is 8. The molecule has 9 nitrogen and oxygen atoms in total. The molecule has 6 N–H and O–H groups in total. The van der Waals surface area contributed by atoms with E-state index in [-0.39, 0.29) is 5.56 Å². The Bertz CT molecular complexity index is 1070. The highest BCUT2D eigenvalue weighted by Crippen LogP contribution is 2.26. The zero-order chi connectivity index (χ0) is 20.5. The lowest BCUT2D eigenvalue weighted by Crippen LogP contribution is -2.62. The Kier molecular flexibility index (Phi) is 5.31. The summed E-state index contributed by atoms with van der Waals surface area (Å²) in [7, 11) is 0. The van der Waals surface area contributed by atoms with Crippen molar-refractivity contribution < 1.29 is 20.2 Å². The van der Waals surface area contributed by atoms with Crippen molar-refractivity contribution in [3.63, 3.8) is 0 Å². The van der Waals surface area contributed by atoms with Gasteiger partial charge >= 0.3 is 0 Å². The monoisotopic (exact) mass is 398 g/mol. The maximum absolute atomic E-state index is 12.7. The van der Waals surface area contributed by atoms with Gasteiger partial charge in [-0.25, -0.2) is 0 Å². The Morgan fingerprint density at radius 2 is 2.03 bits per heavy atom. The second kappa shape index (κ2) is 7.90. The molecule has 0 spiro atoms. The van der Waals surface area contributed by atoms with E-state index in [1.165, 1.54) is 0 Å². The van der Waals surface area contributed by atoms with E-state index < -0.39 is 31.1 Å². The lowest BCUT2D eigenvalue weighted by Gasteiger charge is -2.37. The van der Waals surface area contributed by atoms with Crippen LogP contribution in [-0.4, -0.2) is 56.4 Å². The normalized spacial score (nSPS) is 24.6. The van der Waals surface area contributed by atoms with E-state index in [9.17, 15) is 15.0 Å². The van der Waals surface area contributed by atoms with Crippen LogP contribution in [0.1, 0.15) is 5.56 Å². The van der Waals surface area contributed by atoms with Crippen molar-refractivity contribution >= 4 is 16.6 Å². The van der Waals surface area contributed by atoms with E-state index >= 15 is 0 Å². The predicted octanol–water partition coefficient (Wildman–Crippen LogP) is 0.254. The zero-order valence-corrected chi connectivity index (χ0v) is 15.7. The quantitative estimate of drug-likeness (QED) is 0.368. The first-order chi connectivity index (χ1) is 14.0. The number of aryl methyl sites for hydroxylation is 1. The number of fused-ring (bicyclic) bond motifs is 1. The first-order valence-corrected chi connectivity index (χ1v) is 9.22. The van der Waals surface area contributed by atoms with Crippen LogP contribution in [0.3, 0.4) is 0 Å². The molecule has 4 atom stereocenters. The molecule has 1 aliphatic heterocycles. The van der Waals surface area contributed by atoms with Crippen molar-refractivity contribution in [2.75, 3.05) is 11.9 Å². The highest BCUT2D eigenvalue weighted by molar-refractivity contribution is 5.89. The molecule has 3 aromatic rings. The maximum Gasteiger partial charge on any atom is 0.258 e. The van der Waals surface area contributed by atoms with Gasteiger partial charge in [0.15, 0.2) is 0 Å². The fraction of sp³-hybridized carbons (Fsp3) is 0.300. The Labute approximate surface area is 166 Å². The molecule has 4 rings (SSSR count). The van der Waals surface area contributed by atoms with Gasteiger partial charge in [0, 0.05) is 17.3 Å². The average molecular weight is 398 g/mol. The van der Waals surface area contributed by atoms with Gasteiger partial charge in [-0.15, -0.1) is 0 Å². The average Bonchev–Trinajstić information content (AvgIpc) is 2.72. The molecule has 3 unspecified atom stereocenters. The summed E-state index contributed by atoms with van der Waals surface area (Å²) < 4.78 is 0.